The Labute approximate surface area is 652 Å². The number of rotatable bonds is 38. The predicted octanol–water partition coefficient (Wildman–Crippen LogP) is 22.3. The van der Waals surface area contributed by atoms with Crippen molar-refractivity contribution < 1.29 is 38.1 Å². The van der Waals surface area contributed by atoms with Gasteiger partial charge in [-0.1, -0.05) is 206 Å². The van der Waals surface area contributed by atoms with Crippen molar-refractivity contribution in [2.75, 3.05) is 49.3 Å². The second-order valence-corrected chi connectivity index (χ2v) is 30.1. The topological polar surface area (TPSA) is 166 Å². The van der Waals surface area contributed by atoms with E-state index in [0.29, 0.717) is 81.7 Å². The molecule has 4 aromatic carbocycles. The number of amides is 4. The highest BCUT2D eigenvalue weighted by Crippen LogP contribution is 2.45. The maximum atomic E-state index is 14.3. The molecule has 9 rings (SSSR count). The summed E-state index contributed by atoms with van der Waals surface area (Å²) in [6.45, 7) is 25.7. The zero-order chi connectivity index (χ0) is 77.8. The van der Waals surface area contributed by atoms with E-state index in [-0.39, 0.29) is 36.1 Å². The molecule has 4 aromatic rings. The van der Waals surface area contributed by atoms with Gasteiger partial charge in [0.15, 0.2) is 0 Å². The highest BCUT2D eigenvalue weighted by molar-refractivity contribution is 6.18. The Balaban J connectivity index is 1.07. The summed E-state index contributed by atoms with van der Waals surface area (Å²) >= 11 is 0. The molecule has 0 spiro atoms. The van der Waals surface area contributed by atoms with E-state index in [9.17, 15) is 29.7 Å². The molecule has 14 heteroatoms. The van der Waals surface area contributed by atoms with Crippen LogP contribution in [0.15, 0.2) is 177 Å². The van der Waals surface area contributed by atoms with Gasteiger partial charge in [0.2, 0.25) is 0 Å². The number of para-hydroxylation sites is 2. The lowest BCUT2D eigenvalue weighted by Crippen LogP contribution is -2.43. The highest BCUT2D eigenvalue weighted by Gasteiger charge is 2.36. The van der Waals surface area contributed by atoms with Crippen molar-refractivity contribution in [3.05, 3.63) is 222 Å². The molecule has 0 aromatic heterocycles. The summed E-state index contributed by atoms with van der Waals surface area (Å²) in [7, 11) is 0. The standard InChI is InChI=1S/C95H120N6O8/c1-12-18-20-22-24-26-28-30-32-34-46-98-92(102)78(60-83(65-96)93(98)103)44-42-72-52-67(7)100(68(8)53-72)84-61-79-56-74-38-36-40-76(88(74)106-48-14-3)58-81-63-85(64-82(91(81)109-51-17-6)59-77-41-37-39-75(89(77)107-49-15-4)57-80(62-84)90(79)108-50-16-5)101-69(9)54-73(55-70(101)10)43-45-86-71(11)87(66-97)95(105)99(94(86)104)47-35-33-31-29-27-25-23-21-19-13-2/h36-45,52-55,60-64H,12-35,46-51,56-59H2,1-11H3/b78-44-,86-45-. The Bertz CT molecular complexity index is 4190. The summed E-state index contributed by atoms with van der Waals surface area (Å²) in [6.07, 6.45) is 45.1. The lowest BCUT2D eigenvalue weighted by Gasteiger charge is -2.32. The Hall–Kier alpha value is -9.66. The first-order chi connectivity index (χ1) is 53.0. The molecule has 0 unspecified atom stereocenters. The van der Waals surface area contributed by atoms with Crippen LogP contribution >= 0.6 is 0 Å². The van der Waals surface area contributed by atoms with E-state index in [2.05, 4.69) is 176 Å². The van der Waals surface area contributed by atoms with Crippen LogP contribution in [0.3, 0.4) is 0 Å². The minimum absolute atomic E-state index is 0.0103. The molecule has 1 aliphatic carbocycles. The van der Waals surface area contributed by atoms with E-state index >= 15 is 0 Å². The van der Waals surface area contributed by atoms with Crippen molar-refractivity contribution >= 4 is 35.0 Å². The molecule has 578 valence electrons. The third-order valence-electron chi connectivity index (χ3n) is 21.1. The maximum Gasteiger partial charge on any atom is 0.271 e. The van der Waals surface area contributed by atoms with Gasteiger partial charge in [-0.05, 0) is 179 Å². The Kier molecular flexibility index (Phi) is 32.4. The molecular weight excluding hydrogens is 1350 g/mol. The number of hydrogen-bond acceptors (Lipinski definition) is 12. The molecule has 0 atom stereocenters. The summed E-state index contributed by atoms with van der Waals surface area (Å²) in [5.41, 5.74) is 16.7. The number of carbonyl (C=O) groups is 4. The van der Waals surface area contributed by atoms with Gasteiger partial charge >= 0.3 is 0 Å². The number of nitriles is 2. The van der Waals surface area contributed by atoms with E-state index in [4.69, 9.17) is 18.9 Å². The molecule has 4 amide bonds. The number of imide groups is 2. The normalized spacial score (nSPS) is 16.1. The van der Waals surface area contributed by atoms with Crippen LogP contribution in [0.1, 0.15) is 275 Å². The number of benzene rings is 4. The number of ether oxygens (including phenoxy) is 4. The van der Waals surface area contributed by atoms with Crippen molar-refractivity contribution in [2.24, 2.45) is 0 Å². The molecule has 8 bridgehead atoms. The quantitative estimate of drug-likeness (QED) is 0.0209. The SMILES string of the molecule is CCCCCCCCCCCCN1C(=O)C(C#N)=C/C(=C/C=C2C=C(C)N(c3cc4c(OCCC)c(c3)Cc3cccc(c3OCCC)Cc3cc(N5C(C)=CC(=C/C=C6\C(=O)N(CCCCCCCCCCCC)C(=O)C(C#N)=C6C)C=C5C)cc(c3OCCC)Cc3cccc(c3OCCC)C4)C(C)=C2)C1=O. The van der Waals surface area contributed by atoms with Crippen molar-refractivity contribution in [2.45, 2.75) is 256 Å². The van der Waals surface area contributed by atoms with Gasteiger partial charge in [-0.15, -0.1) is 0 Å². The molecule has 5 aliphatic rings. The number of hydrogen-bond donors (Lipinski definition) is 0. The monoisotopic (exact) mass is 1470 g/mol. The molecule has 0 fully saturated rings. The number of anilines is 2. The van der Waals surface area contributed by atoms with Crippen LogP contribution in [-0.4, -0.2) is 72.9 Å². The molecule has 0 saturated heterocycles. The second-order valence-electron chi connectivity index (χ2n) is 30.1. The van der Waals surface area contributed by atoms with Gasteiger partial charge in [-0.2, -0.15) is 10.5 Å². The first-order valence-electron chi connectivity index (χ1n) is 41.2. The second kappa shape index (κ2) is 42.3. The van der Waals surface area contributed by atoms with Crippen molar-refractivity contribution in [3.63, 3.8) is 0 Å². The molecule has 4 aliphatic heterocycles. The number of allylic oxidation sites excluding steroid dienone is 14. The smallest absolute Gasteiger partial charge is 0.271 e. The first-order valence-corrected chi connectivity index (χ1v) is 41.2. The van der Waals surface area contributed by atoms with Crippen LogP contribution in [0, 0.1) is 22.7 Å². The van der Waals surface area contributed by atoms with Crippen LogP contribution in [0.25, 0.3) is 0 Å². The summed E-state index contributed by atoms with van der Waals surface area (Å²) in [4.78, 5) is 62.5. The van der Waals surface area contributed by atoms with Crippen LogP contribution in [0.2, 0.25) is 0 Å². The van der Waals surface area contributed by atoms with Crippen molar-refractivity contribution in [1.82, 2.24) is 9.80 Å². The number of carbonyl (C=O) groups excluding carboxylic acids is 4. The van der Waals surface area contributed by atoms with E-state index in [1.807, 2.05) is 12.2 Å². The van der Waals surface area contributed by atoms with Gasteiger partial charge in [-0.3, -0.25) is 29.0 Å². The molecular formula is C95H120N6O8. The molecule has 4 heterocycles. The Morgan fingerprint density at radius 1 is 0.367 bits per heavy atom. The summed E-state index contributed by atoms with van der Waals surface area (Å²) in [5, 5.41) is 20.4. The number of fused-ring (bicyclic) bond motifs is 8. The largest absolute Gasteiger partial charge is 0.493 e. The van der Waals surface area contributed by atoms with Crippen LogP contribution in [0.4, 0.5) is 11.4 Å². The van der Waals surface area contributed by atoms with Crippen molar-refractivity contribution in [1.29, 1.82) is 10.5 Å². The average Bonchev–Trinajstić information content (AvgIpc) is 0.770. The molecule has 0 radical (unpaired) electrons. The van der Waals surface area contributed by atoms with Crippen LogP contribution in [-0.2, 0) is 44.9 Å². The summed E-state index contributed by atoms with van der Waals surface area (Å²) < 4.78 is 28.1. The molecule has 0 saturated carbocycles. The lowest BCUT2D eigenvalue weighted by molar-refractivity contribution is -0.142. The lowest BCUT2D eigenvalue weighted by atomic mass is 9.90. The van der Waals surface area contributed by atoms with Crippen LogP contribution in [0.5, 0.6) is 23.0 Å². The van der Waals surface area contributed by atoms with Gasteiger partial charge in [0.05, 0.1) is 26.4 Å². The molecule has 0 N–H and O–H groups in total. The van der Waals surface area contributed by atoms with Gasteiger partial charge in [0, 0.05) is 106 Å². The van der Waals surface area contributed by atoms with Crippen molar-refractivity contribution in [3.8, 4) is 35.1 Å². The Morgan fingerprint density at radius 2 is 0.697 bits per heavy atom. The fraction of sp³-hybridized carbons (Fsp3) is 0.474. The Morgan fingerprint density at radius 3 is 1.04 bits per heavy atom. The zero-order valence-electron chi connectivity index (χ0n) is 67.5. The highest BCUT2D eigenvalue weighted by atomic mass is 16.5. The first kappa shape index (κ1) is 83.4. The third kappa shape index (κ3) is 21.9. The summed E-state index contributed by atoms with van der Waals surface area (Å²) in [5.74, 6) is 1.53. The molecule has 109 heavy (non-hydrogen) atoms. The van der Waals surface area contributed by atoms with E-state index in [1.54, 1.807) is 19.1 Å². The maximum absolute atomic E-state index is 14.3. The van der Waals surface area contributed by atoms with Gasteiger partial charge in [0.1, 0.15) is 46.3 Å². The average molecular weight is 1470 g/mol. The number of unbranched alkanes of at least 4 members (excludes halogenated alkanes) is 18. The summed E-state index contributed by atoms with van der Waals surface area (Å²) in [6, 6.07) is 26.3. The van der Waals surface area contributed by atoms with Gasteiger partial charge in [0.25, 0.3) is 23.6 Å². The molecule has 14 nitrogen and oxygen atoms in total. The van der Waals surface area contributed by atoms with Gasteiger partial charge < -0.3 is 28.7 Å². The fourth-order valence-corrected chi connectivity index (χ4v) is 15.7. The fourth-order valence-electron chi connectivity index (χ4n) is 15.7. The predicted molar refractivity (Wildman–Crippen MR) is 442 cm³/mol. The van der Waals surface area contributed by atoms with E-state index < -0.39 is 11.8 Å². The van der Waals surface area contributed by atoms with E-state index in [0.717, 1.165) is 177 Å². The minimum Gasteiger partial charge on any atom is -0.493 e. The zero-order valence-corrected chi connectivity index (χ0v) is 67.5. The van der Waals surface area contributed by atoms with Crippen LogP contribution < -0.4 is 28.7 Å². The van der Waals surface area contributed by atoms with Gasteiger partial charge in [-0.25, -0.2) is 0 Å². The van der Waals surface area contributed by atoms with E-state index in [1.165, 1.54) is 92.9 Å². The number of nitrogens with zero attached hydrogens (tertiary/aromatic N) is 6. The third-order valence-corrected chi connectivity index (χ3v) is 21.1. The minimum atomic E-state index is -0.530.